The van der Waals surface area contributed by atoms with Crippen molar-refractivity contribution in [2.24, 2.45) is 10.2 Å². The largest absolute Gasteiger partial charge is 0.496 e. The second-order valence-electron chi connectivity index (χ2n) is 4.54. The zero-order valence-electron chi connectivity index (χ0n) is 12.3. The predicted molar refractivity (Wildman–Crippen MR) is 85.3 cm³/mol. The second kappa shape index (κ2) is 6.17. The highest BCUT2D eigenvalue weighted by Gasteiger charge is 2.16. The lowest BCUT2D eigenvalue weighted by Crippen LogP contribution is -2.34. The van der Waals surface area contributed by atoms with Gasteiger partial charge in [-0.25, -0.2) is 0 Å². The molecular weight excluding hydrogens is 280 g/mol. The Bertz CT molecular complexity index is 677. The van der Waals surface area contributed by atoms with Crippen LogP contribution in [-0.4, -0.2) is 25.9 Å². The van der Waals surface area contributed by atoms with E-state index in [1.165, 1.54) is 0 Å². The maximum absolute atomic E-state index is 5.33. The van der Waals surface area contributed by atoms with Crippen LogP contribution in [0.15, 0.2) is 58.7 Å². The minimum Gasteiger partial charge on any atom is -0.496 e. The van der Waals surface area contributed by atoms with Crippen LogP contribution in [0.3, 0.4) is 0 Å². The molecule has 3 rings (SSSR count). The molecule has 2 aromatic carbocycles. The van der Waals surface area contributed by atoms with E-state index in [9.17, 15) is 0 Å². The van der Waals surface area contributed by atoms with E-state index < -0.39 is 0 Å². The standard InChI is InChI=1S/C16H16N4O2/c1-21-13-9-5-3-7-11(13)15-17-19-16(20-18-15)12-8-4-6-10-14(12)22-2/h3-10H,1-2H3,(H,17,18)(H,19,20). The fraction of sp³-hybridized carbons (Fsp3) is 0.125. The Kier molecular flexibility index (Phi) is 3.91. The number of hydrogen-bond donors (Lipinski definition) is 2. The molecule has 0 fully saturated rings. The molecule has 2 aromatic rings. The molecule has 0 aromatic heterocycles. The summed E-state index contributed by atoms with van der Waals surface area (Å²) in [6.07, 6.45) is 0. The predicted octanol–water partition coefficient (Wildman–Crippen LogP) is 1.92. The molecular formula is C16H16N4O2. The number of methoxy groups -OCH3 is 2. The molecule has 0 atom stereocenters. The summed E-state index contributed by atoms with van der Waals surface area (Å²) in [5, 5.41) is 8.66. The van der Waals surface area contributed by atoms with Crippen molar-refractivity contribution < 1.29 is 9.47 Å². The smallest absolute Gasteiger partial charge is 0.177 e. The molecule has 2 N–H and O–H groups in total. The molecule has 1 aliphatic heterocycles. The van der Waals surface area contributed by atoms with E-state index in [-0.39, 0.29) is 0 Å². The average Bonchev–Trinajstić information content (AvgIpc) is 2.62. The lowest BCUT2D eigenvalue weighted by Gasteiger charge is -2.17. The van der Waals surface area contributed by atoms with Crippen LogP contribution in [0.5, 0.6) is 11.5 Å². The Hall–Kier alpha value is -3.02. The van der Waals surface area contributed by atoms with Crippen molar-refractivity contribution in [3.63, 3.8) is 0 Å². The number of benzene rings is 2. The third-order valence-corrected chi connectivity index (χ3v) is 3.27. The molecule has 0 spiro atoms. The Labute approximate surface area is 128 Å². The molecule has 6 heteroatoms. The molecule has 22 heavy (non-hydrogen) atoms. The van der Waals surface area contributed by atoms with Crippen LogP contribution in [0, 0.1) is 0 Å². The van der Waals surface area contributed by atoms with E-state index in [0.717, 1.165) is 22.6 Å². The van der Waals surface area contributed by atoms with Gasteiger partial charge in [0, 0.05) is 0 Å². The van der Waals surface area contributed by atoms with Gasteiger partial charge in [0.25, 0.3) is 0 Å². The molecule has 0 bridgehead atoms. The lowest BCUT2D eigenvalue weighted by molar-refractivity contribution is 0.413. The number of ether oxygens (including phenoxy) is 2. The first-order valence-corrected chi connectivity index (χ1v) is 6.77. The van der Waals surface area contributed by atoms with Crippen molar-refractivity contribution in [1.29, 1.82) is 0 Å². The Morgan fingerprint density at radius 2 is 1.09 bits per heavy atom. The highest BCUT2D eigenvalue weighted by atomic mass is 16.5. The molecule has 6 nitrogen and oxygen atoms in total. The summed E-state index contributed by atoms with van der Waals surface area (Å²) in [4.78, 5) is 0. The number of hydrazone groups is 2. The minimum atomic E-state index is 0.594. The van der Waals surface area contributed by atoms with Gasteiger partial charge in [-0.05, 0) is 24.3 Å². The summed E-state index contributed by atoms with van der Waals surface area (Å²) in [7, 11) is 3.25. The number of rotatable bonds is 4. The number of nitrogens with one attached hydrogen (secondary N) is 2. The van der Waals surface area contributed by atoms with Gasteiger partial charge in [-0.15, -0.1) is 0 Å². The fourth-order valence-electron chi connectivity index (χ4n) is 2.19. The monoisotopic (exact) mass is 296 g/mol. The molecule has 112 valence electrons. The fourth-order valence-corrected chi connectivity index (χ4v) is 2.19. The Morgan fingerprint density at radius 3 is 1.45 bits per heavy atom. The topological polar surface area (TPSA) is 67.2 Å². The van der Waals surface area contributed by atoms with Gasteiger partial charge >= 0.3 is 0 Å². The van der Waals surface area contributed by atoms with Gasteiger partial charge in [0.15, 0.2) is 11.7 Å². The normalized spacial score (nSPS) is 13.4. The van der Waals surface area contributed by atoms with Crippen LogP contribution in [-0.2, 0) is 0 Å². The maximum atomic E-state index is 5.33. The van der Waals surface area contributed by atoms with Gasteiger partial charge in [0.1, 0.15) is 11.5 Å². The third kappa shape index (κ3) is 2.58. The third-order valence-electron chi connectivity index (χ3n) is 3.27. The van der Waals surface area contributed by atoms with E-state index in [1.54, 1.807) is 14.2 Å². The second-order valence-corrected chi connectivity index (χ2v) is 4.54. The highest BCUT2D eigenvalue weighted by Crippen LogP contribution is 2.20. The molecule has 0 radical (unpaired) electrons. The zero-order valence-corrected chi connectivity index (χ0v) is 12.3. The van der Waals surface area contributed by atoms with Gasteiger partial charge in [-0.2, -0.15) is 10.2 Å². The van der Waals surface area contributed by atoms with Crippen LogP contribution in [0.1, 0.15) is 11.1 Å². The van der Waals surface area contributed by atoms with E-state index in [2.05, 4.69) is 21.1 Å². The number of nitrogens with zero attached hydrogens (tertiary/aromatic N) is 2. The molecule has 0 saturated carbocycles. The molecule has 0 aliphatic carbocycles. The summed E-state index contributed by atoms with van der Waals surface area (Å²) >= 11 is 0. The molecule has 0 unspecified atom stereocenters. The van der Waals surface area contributed by atoms with Crippen molar-refractivity contribution in [2.75, 3.05) is 14.2 Å². The average molecular weight is 296 g/mol. The summed E-state index contributed by atoms with van der Waals surface area (Å²) in [6, 6.07) is 15.2. The van der Waals surface area contributed by atoms with Gasteiger partial charge in [0.2, 0.25) is 0 Å². The zero-order chi connectivity index (χ0) is 15.4. The van der Waals surface area contributed by atoms with Gasteiger partial charge in [0.05, 0.1) is 25.3 Å². The number of amidine groups is 2. The number of hydrogen-bond acceptors (Lipinski definition) is 6. The van der Waals surface area contributed by atoms with E-state index in [4.69, 9.17) is 9.47 Å². The first-order valence-electron chi connectivity index (χ1n) is 6.77. The molecule has 0 saturated heterocycles. The van der Waals surface area contributed by atoms with Gasteiger partial charge in [-0.3, -0.25) is 10.9 Å². The van der Waals surface area contributed by atoms with Crippen molar-refractivity contribution in [1.82, 2.24) is 10.9 Å². The summed E-state index contributed by atoms with van der Waals surface area (Å²) in [5.41, 5.74) is 7.57. The summed E-state index contributed by atoms with van der Waals surface area (Å²) in [6.45, 7) is 0. The summed E-state index contributed by atoms with van der Waals surface area (Å²) < 4.78 is 10.7. The quantitative estimate of drug-likeness (QED) is 0.904. The van der Waals surface area contributed by atoms with E-state index >= 15 is 0 Å². The number of para-hydroxylation sites is 2. The van der Waals surface area contributed by atoms with Gasteiger partial charge in [-0.1, -0.05) is 24.3 Å². The minimum absolute atomic E-state index is 0.594. The first-order chi connectivity index (χ1) is 10.8. The van der Waals surface area contributed by atoms with Crippen molar-refractivity contribution in [3.8, 4) is 11.5 Å². The Balaban J connectivity index is 1.85. The van der Waals surface area contributed by atoms with Gasteiger partial charge < -0.3 is 9.47 Å². The van der Waals surface area contributed by atoms with E-state index in [1.807, 2.05) is 48.5 Å². The van der Waals surface area contributed by atoms with Crippen LogP contribution in [0.4, 0.5) is 0 Å². The first kappa shape index (κ1) is 13.9. The van der Waals surface area contributed by atoms with Crippen LogP contribution >= 0.6 is 0 Å². The van der Waals surface area contributed by atoms with Crippen LogP contribution in [0.25, 0.3) is 0 Å². The maximum Gasteiger partial charge on any atom is 0.177 e. The van der Waals surface area contributed by atoms with Crippen LogP contribution < -0.4 is 20.3 Å². The molecule has 1 heterocycles. The van der Waals surface area contributed by atoms with Crippen molar-refractivity contribution in [3.05, 3.63) is 59.7 Å². The summed E-state index contributed by atoms with van der Waals surface area (Å²) in [5.74, 6) is 2.64. The van der Waals surface area contributed by atoms with Crippen molar-refractivity contribution >= 4 is 11.7 Å². The van der Waals surface area contributed by atoms with Crippen LogP contribution in [0.2, 0.25) is 0 Å². The highest BCUT2D eigenvalue weighted by molar-refractivity contribution is 6.07. The SMILES string of the molecule is COc1ccccc1C1=NNC(c2ccccc2OC)=NN1. The lowest BCUT2D eigenvalue weighted by atomic mass is 10.1. The van der Waals surface area contributed by atoms with Crippen molar-refractivity contribution in [2.45, 2.75) is 0 Å². The Morgan fingerprint density at radius 1 is 0.682 bits per heavy atom. The molecule has 1 aliphatic rings. The van der Waals surface area contributed by atoms with E-state index in [0.29, 0.717) is 11.7 Å². The molecule has 0 amide bonds.